The minimum Gasteiger partial charge on any atom is -0.427 e. The molecule has 4 rings (SSSR count). The number of carbonyl (C=O) groups excluding carboxylic acids is 2. The molecule has 0 atom stereocenters. The summed E-state index contributed by atoms with van der Waals surface area (Å²) in [5.74, 6) is 0.171. The molecular formula is C39H45N3O6. The minimum absolute atomic E-state index is 0.132. The Balaban J connectivity index is 1.21. The van der Waals surface area contributed by atoms with Gasteiger partial charge in [-0.15, -0.1) is 0 Å². The lowest BCUT2D eigenvalue weighted by Gasteiger charge is -2.08. The maximum Gasteiger partial charge on any atom is 0.343 e. The van der Waals surface area contributed by atoms with Crippen molar-refractivity contribution < 1.29 is 19.1 Å². The summed E-state index contributed by atoms with van der Waals surface area (Å²) in [5.41, 5.74) is 2.13. The standard InChI is InChI=1S/C39H45N3O6/c1-4-5-6-7-8-9-10-11-12-13-14-36(43)47-33-25-21-31(22-26-33)30-17-19-32(20-18-30)38(45)48-34-23-15-29(16-24-34)27-40-35-28-41(2)39(46)42(3)37(35)44/h15-28H,4-14H2,1-3H3. The fourth-order valence-electron chi connectivity index (χ4n) is 5.26. The Labute approximate surface area is 281 Å². The topological polar surface area (TPSA) is 109 Å². The Morgan fingerprint density at radius 1 is 0.688 bits per heavy atom. The van der Waals surface area contributed by atoms with E-state index in [2.05, 4.69) is 11.9 Å². The van der Waals surface area contributed by atoms with Crippen LogP contribution in [-0.4, -0.2) is 27.3 Å². The highest BCUT2D eigenvalue weighted by atomic mass is 16.5. The van der Waals surface area contributed by atoms with E-state index >= 15 is 0 Å². The van der Waals surface area contributed by atoms with Crippen molar-refractivity contribution >= 4 is 23.8 Å². The fourth-order valence-corrected chi connectivity index (χ4v) is 5.26. The van der Waals surface area contributed by atoms with Gasteiger partial charge < -0.3 is 14.0 Å². The van der Waals surface area contributed by atoms with Crippen molar-refractivity contribution in [2.75, 3.05) is 0 Å². The van der Waals surface area contributed by atoms with Gasteiger partial charge in [0.1, 0.15) is 17.2 Å². The van der Waals surface area contributed by atoms with Gasteiger partial charge in [0.05, 0.1) is 5.56 Å². The van der Waals surface area contributed by atoms with Gasteiger partial charge in [-0.05, 0) is 71.6 Å². The molecule has 0 aliphatic carbocycles. The van der Waals surface area contributed by atoms with E-state index in [9.17, 15) is 19.2 Å². The van der Waals surface area contributed by atoms with E-state index in [1.807, 2.05) is 24.3 Å². The van der Waals surface area contributed by atoms with Gasteiger partial charge in [0, 0.05) is 32.9 Å². The number of aliphatic imine (C=N–C) groups is 1. The van der Waals surface area contributed by atoms with Crippen LogP contribution in [0.5, 0.6) is 11.5 Å². The van der Waals surface area contributed by atoms with Gasteiger partial charge in [-0.3, -0.25) is 14.2 Å². The molecule has 9 nitrogen and oxygen atoms in total. The second-order valence-electron chi connectivity index (χ2n) is 12.0. The van der Waals surface area contributed by atoms with Gasteiger partial charge in [-0.2, -0.15) is 0 Å². The van der Waals surface area contributed by atoms with E-state index in [1.165, 1.54) is 75.4 Å². The van der Waals surface area contributed by atoms with Crippen LogP contribution < -0.4 is 20.7 Å². The average Bonchev–Trinajstić information content (AvgIpc) is 3.10. The zero-order valence-corrected chi connectivity index (χ0v) is 28.2. The van der Waals surface area contributed by atoms with Crippen LogP contribution in [-0.2, 0) is 18.9 Å². The molecule has 1 heterocycles. The summed E-state index contributed by atoms with van der Waals surface area (Å²) in [6.45, 7) is 2.24. The number of unbranched alkanes of at least 4 members (excludes halogenated alkanes) is 9. The maximum absolute atomic E-state index is 12.8. The summed E-state index contributed by atoms with van der Waals surface area (Å²) in [6, 6.07) is 21.1. The van der Waals surface area contributed by atoms with Crippen molar-refractivity contribution in [1.29, 1.82) is 0 Å². The summed E-state index contributed by atoms with van der Waals surface area (Å²) < 4.78 is 13.3. The Bertz CT molecular complexity index is 1790. The quantitative estimate of drug-likeness (QED) is 0.0496. The zero-order chi connectivity index (χ0) is 34.3. The largest absolute Gasteiger partial charge is 0.427 e. The van der Waals surface area contributed by atoms with Crippen molar-refractivity contribution in [1.82, 2.24) is 9.13 Å². The Morgan fingerprint density at radius 3 is 1.81 bits per heavy atom. The van der Waals surface area contributed by atoms with E-state index in [1.54, 1.807) is 55.6 Å². The van der Waals surface area contributed by atoms with Crippen molar-refractivity contribution in [3.8, 4) is 22.6 Å². The number of nitrogens with zero attached hydrogens (tertiary/aromatic N) is 3. The number of esters is 2. The number of carbonyl (C=O) groups is 2. The number of aromatic nitrogens is 2. The summed E-state index contributed by atoms with van der Waals surface area (Å²) >= 11 is 0. The summed E-state index contributed by atoms with van der Waals surface area (Å²) in [5, 5.41) is 0. The van der Waals surface area contributed by atoms with E-state index in [4.69, 9.17) is 9.47 Å². The highest BCUT2D eigenvalue weighted by Gasteiger charge is 2.11. The first-order chi connectivity index (χ1) is 23.2. The molecule has 0 bridgehead atoms. The van der Waals surface area contributed by atoms with E-state index < -0.39 is 17.2 Å². The van der Waals surface area contributed by atoms with Crippen LogP contribution in [0.15, 0.2) is 93.6 Å². The number of hydrogen-bond donors (Lipinski definition) is 0. The van der Waals surface area contributed by atoms with Gasteiger partial charge in [-0.25, -0.2) is 14.6 Å². The summed E-state index contributed by atoms with van der Waals surface area (Å²) in [6.07, 6.45) is 15.5. The van der Waals surface area contributed by atoms with E-state index in [-0.39, 0.29) is 11.7 Å². The zero-order valence-electron chi connectivity index (χ0n) is 28.2. The van der Waals surface area contributed by atoms with Gasteiger partial charge in [-0.1, -0.05) is 89.0 Å². The molecule has 0 unspecified atom stereocenters. The lowest BCUT2D eigenvalue weighted by molar-refractivity contribution is -0.134. The molecule has 48 heavy (non-hydrogen) atoms. The van der Waals surface area contributed by atoms with Gasteiger partial charge in [0.25, 0.3) is 5.56 Å². The van der Waals surface area contributed by atoms with Crippen LogP contribution in [0.3, 0.4) is 0 Å². The molecule has 0 aliphatic rings. The number of benzene rings is 3. The van der Waals surface area contributed by atoms with Crippen LogP contribution in [0.4, 0.5) is 5.69 Å². The molecule has 252 valence electrons. The number of hydrogen-bond acceptors (Lipinski definition) is 7. The van der Waals surface area contributed by atoms with Gasteiger partial charge in [0.15, 0.2) is 0 Å². The third-order valence-corrected chi connectivity index (χ3v) is 8.15. The lowest BCUT2D eigenvalue weighted by Crippen LogP contribution is -2.36. The highest BCUT2D eigenvalue weighted by molar-refractivity contribution is 5.92. The predicted molar refractivity (Wildman–Crippen MR) is 190 cm³/mol. The Kier molecular flexibility index (Phi) is 13.7. The summed E-state index contributed by atoms with van der Waals surface area (Å²) in [7, 11) is 2.95. The Hall–Kier alpha value is -5.05. The summed E-state index contributed by atoms with van der Waals surface area (Å²) in [4.78, 5) is 53.4. The molecule has 0 aliphatic heterocycles. The molecule has 0 N–H and O–H groups in total. The van der Waals surface area contributed by atoms with E-state index in [0.717, 1.165) is 28.5 Å². The smallest absolute Gasteiger partial charge is 0.343 e. The molecule has 3 aromatic carbocycles. The van der Waals surface area contributed by atoms with Crippen molar-refractivity contribution in [2.24, 2.45) is 19.1 Å². The third-order valence-electron chi connectivity index (χ3n) is 8.15. The molecule has 9 heteroatoms. The number of ether oxygens (including phenoxy) is 2. The molecule has 0 saturated heterocycles. The molecule has 1 aromatic heterocycles. The number of aryl methyl sites for hydroxylation is 1. The van der Waals surface area contributed by atoms with Crippen LogP contribution in [0.2, 0.25) is 0 Å². The minimum atomic E-state index is -0.499. The first kappa shape index (κ1) is 35.8. The monoisotopic (exact) mass is 651 g/mol. The fraction of sp³-hybridized carbons (Fsp3) is 0.359. The third kappa shape index (κ3) is 10.8. The second kappa shape index (κ2) is 18.3. The van der Waals surface area contributed by atoms with Gasteiger partial charge in [0.2, 0.25) is 0 Å². The normalized spacial score (nSPS) is 11.1. The molecule has 4 aromatic rings. The van der Waals surface area contributed by atoms with Crippen molar-refractivity contribution in [3.05, 3.63) is 111 Å². The predicted octanol–water partition coefficient (Wildman–Crippen LogP) is 7.94. The van der Waals surface area contributed by atoms with Crippen molar-refractivity contribution in [2.45, 2.75) is 77.6 Å². The number of rotatable bonds is 17. The SMILES string of the molecule is CCCCCCCCCCCCC(=O)Oc1ccc(-c2ccc(C(=O)Oc3ccc(C=Nc4cn(C)c(=O)n(C)c4=O)cc3)cc2)cc1. The first-order valence-electron chi connectivity index (χ1n) is 16.8. The molecule has 0 fully saturated rings. The Morgan fingerprint density at radius 2 is 1.21 bits per heavy atom. The van der Waals surface area contributed by atoms with Crippen LogP contribution in [0, 0.1) is 0 Å². The van der Waals surface area contributed by atoms with E-state index in [0.29, 0.717) is 29.0 Å². The lowest BCUT2D eigenvalue weighted by atomic mass is 10.0. The molecule has 0 spiro atoms. The molecule has 0 saturated carbocycles. The first-order valence-corrected chi connectivity index (χ1v) is 16.8. The molecular weight excluding hydrogens is 606 g/mol. The van der Waals surface area contributed by atoms with Crippen molar-refractivity contribution in [3.63, 3.8) is 0 Å². The van der Waals surface area contributed by atoms with Crippen LogP contribution in [0.25, 0.3) is 11.1 Å². The highest BCUT2D eigenvalue weighted by Crippen LogP contribution is 2.24. The molecule has 0 radical (unpaired) electrons. The van der Waals surface area contributed by atoms with Crippen LogP contribution >= 0.6 is 0 Å². The average molecular weight is 652 g/mol. The second-order valence-corrected chi connectivity index (χ2v) is 12.0. The maximum atomic E-state index is 12.8. The molecule has 0 amide bonds. The van der Waals surface area contributed by atoms with Gasteiger partial charge >= 0.3 is 17.6 Å². The van der Waals surface area contributed by atoms with Crippen LogP contribution in [0.1, 0.15) is 93.5 Å².